The van der Waals surface area contributed by atoms with Crippen molar-refractivity contribution >= 4 is 28.7 Å². The third-order valence-electron chi connectivity index (χ3n) is 2.65. The molecule has 5 nitrogen and oxygen atoms in total. The summed E-state index contributed by atoms with van der Waals surface area (Å²) in [5.74, 6) is -0.837. The molecule has 1 aromatic heterocycles. The lowest BCUT2D eigenvalue weighted by molar-refractivity contribution is 0.0696. The molecule has 0 saturated carbocycles. The van der Waals surface area contributed by atoms with Crippen LogP contribution >= 0.6 is 11.6 Å². The maximum absolute atomic E-state index is 11.0. The standard InChI is InChI=1S/C14H8ClNO4/c15-10-6-5-8(7-9(10)13(17)18)19-14-16-11-3-1-2-4-12(11)20-14/h1-7H,(H,17,18). The molecular formula is C14H8ClNO4. The maximum atomic E-state index is 11.0. The Morgan fingerprint density at radius 2 is 2.05 bits per heavy atom. The van der Waals surface area contributed by atoms with Crippen molar-refractivity contribution in [3.63, 3.8) is 0 Å². The van der Waals surface area contributed by atoms with Crippen molar-refractivity contribution in [2.24, 2.45) is 0 Å². The number of hydrogen-bond donors (Lipinski definition) is 1. The maximum Gasteiger partial charge on any atom is 0.400 e. The van der Waals surface area contributed by atoms with E-state index in [1.165, 1.54) is 12.1 Å². The molecule has 1 heterocycles. The first-order valence-corrected chi connectivity index (χ1v) is 6.07. The molecule has 0 atom stereocenters. The normalized spacial score (nSPS) is 10.7. The number of oxazole rings is 1. The molecule has 0 aliphatic heterocycles. The van der Waals surface area contributed by atoms with Crippen LogP contribution in [0.2, 0.25) is 5.02 Å². The molecule has 0 amide bonds. The number of rotatable bonds is 3. The quantitative estimate of drug-likeness (QED) is 0.789. The first-order chi connectivity index (χ1) is 9.63. The van der Waals surface area contributed by atoms with Crippen molar-refractivity contribution in [3.8, 4) is 11.8 Å². The number of fused-ring (bicyclic) bond motifs is 1. The van der Waals surface area contributed by atoms with Gasteiger partial charge in [0.25, 0.3) is 0 Å². The van der Waals surface area contributed by atoms with Gasteiger partial charge >= 0.3 is 12.0 Å². The number of para-hydroxylation sites is 2. The molecule has 0 saturated heterocycles. The van der Waals surface area contributed by atoms with Crippen LogP contribution < -0.4 is 4.74 Å². The van der Waals surface area contributed by atoms with Gasteiger partial charge in [0, 0.05) is 0 Å². The molecule has 0 bridgehead atoms. The number of benzene rings is 2. The molecule has 0 spiro atoms. The number of hydrogen-bond acceptors (Lipinski definition) is 4. The van der Waals surface area contributed by atoms with Gasteiger partial charge in [-0.15, -0.1) is 0 Å². The topological polar surface area (TPSA) is 72.6 Å². The smallest absolute Gasteiger partial charge is 0.400 e. The van der Waals surface area contributed by atoms with Crippen molar-refractivity contribution in [1.29, 1.82) is 0 Å². The fraction of sp³-hybridized carbons (Fsp3) is 0. The molecule has 3 aromatic rings. The van der Waals surface area contributed by atoms with Gasteiger partial charge in [-0.3, -0.25) is 0 Å². The van der Waals surface area contributed by atoms with Crippen LogP contribution in [0.3, 0.4) is 0 Å². The first-order valence-electron chi connectivity index (χ1n) is 5.70. The fourth-order valence-corrected chi connectivity index (χ4v) is 1.93. The van der Waals surface area contributed by atoms with Crippen LogP contribution in [0.5, 0.6) is 11.8 Å². The highest BCUT2D eigenvalue weighted by Crippen LogP contribution is 2.28. The zero-order valence-electron chi connectivity index (χ0n) is 10.0. The lowest BCUT2D eigenvalue weighted by atomic mass is 10.2. The van der Waals surface area contributed by atoms with Crippen LogP contribution in [0.25, 0.3) is 11.1 Å². The minimum atomic E-state index is -1.13. The highest BCUT2D eigenvalue weighted by Gasteiger charge is 2.12. The van der Waals surface area contributed by atoms with Gasteiger partial charge in [-0.2, -0.15) is 4.98 Å². The zero-order valence-corrected chi connectivity index (χ0v) is 10.8. The highest BCUT2D eigenvalue weighted by atomic mass is 35.5. The molecule has 20 heavy (non-hydrogen) atoms. The molecule has 0 aliphatic carbocycles. The molecule has 0 fully saturated rings. The largest absolute Gasteiger partial charge is 0.478 e. The van der Waals surface area contributed by atoms with E-state index in [4.69, 9.17) is 25.9 Å². The van der Waals surface area contributed by atoms with E-state index in [2.05, 4.69) is 4.98 Å². The summed E-state index contributed by atoms with van der Waals surface area (Å²) >= 11 is 5.78. The van der Waals surface area contributed by atoms with E-state index in [0.717, 1.165) is 0 Å². The Labute approximate surface area is 118 Å². The van der Waals surface area contributed by atoms with Crippen molar-refractivity contribution < 1.29 is 19.1 Å². The monoisotopic (exact) mass is 289 g/mol. The zero-order chi connectivity index (χ0) is 14.1. The van der Waals surface area contributed by atoms with E-state index in [1.807, 2.05) is 12.1 Å². The number of carbonyl (C=O) groups is 1. The van der Waals surface area contributed by atoms with Crippen molar-refractivity contribution in [3.05, 3.63) is 53.1 Å². The van der Waals surface area contributed by atoms with E-state index in [0.29, 0.717) is 16.8 Å². The van der Waals surface area contributed by atoms with Crippen LogP contribution in [-0.4, -0.2) is 16.1 Å². The number of aromatic nitrogens is 1. The van der Waals surface area contributed by atoms with Crippen molar-refractivity contribution in [2.45, 2.75) is 0 Å². The summed E-state index contributed by atoms with van der Waals surface area (Å²) < 4.78 is 10.8. The highest BCUT2D eigenvalue weighted by molar-refractivity contribution is 6.33. The molecule has 0 aliphatic rings. The Morgan fingerprint density at radius 3 is 2.80 bits per heavy atom. The summed E-state index contributed by atoms with van der Waals surface area (Å²) in [6.45, 7) is 0. The van der Waals surface area contributed by atoms with Gasteiger partial charge in [0.05, 0.1) is 10.6 Å². The Kier molecular flexibility index (Phi) is 3.04. The molecule has 3 rings (SSSR count). The van der Waals surface area contributed by atoms with E-state index >= 15 is 0 Å². The summed E-state index contributed by atoms with van der Waals surface area (Å²) in [7, 11) is 0. The number of ether oxygens (including phenoxy) is 1. The van der Waals surface area contributed by atoms with Gasteiger partial charge in [0.2, 0.25) is 0 Å². The van der Waals surface area contributed by atoms with Crippen LogP contribution in [-0.2, 0) is 0 Å². The summed E-state index contributed by atoms with van der Waals surface area (Å²) in [5, 5.41) is 9.13. The second kappa shape index (κ2) is 4.86. The summed E-state index contributed by atoms with van der Waals surface area (Å²) in [6, 6.07) is 11.5. The summed E-state index contributed by atoms with van der Waals surface area (Å²) in [5.41, 5.74) is 1.21. The van der Waals surface area contributed by atoms with Gasteiger partial charge in [-0.1, -0.05) is 23.7 Å². The van der Waals surface area contributed by atoms with E-state index in [9.17, 15) is 4.79 Å². The summed E-state index contributed by atoms with van der Waals surface area (Å²) in [4.78, 5) is 15.1. The predicted octanol–water partition coefficient (Wildman–Crippen LogP) is 3.97. The van der Waals surface area contributed by atoms with Crippen molar-refractivity contribution in [2.75, 3.05) is 0 Å². The molecular weight excluding hydrogens is 282 g/mol. The van der Waals surface area contributed by atoms with Gasteiger partial charge in [0.15, 0.2) is 5.58 Å². The second-order valence-corrected chi connectivity index (χ2v) is 4.40. The Balaban J connectivity index is 1.94. The lowest BCUT2D eigenvalue weighted by Crippen LogP contribution is -1.97. The van der Waals surface area contributed by atoms with Crippen LogP contribution in [0.15, 0.2) is 46.9 Å². The average molecular weight is 290 g/mol. The molecule has 1 N–H and O–H groups in total. The number of aromatic carboxylic acids is 1. The Morgan fingerprint density at radius 1 is 1.25 bits per heavy atom. The van der Waals surface area contributed by atoms with Crippen molar-refractivity contribution in [1.82, 2.24) is 4.98 Å². The van der Waals surface area contributed by atoms with Crippen LogP contribution in [0.1, 0.15) is 10.4 Å². The number of nitrogens with zero attached hydrogens (tertiary/aromatic N) is 1. The third kappa shape index (κ3) is 2.31. The van der Waals surface area contributed by atoms with Gasteiger partial charge in [0.1, 0.15) is 11.3 Å². The number of carboxylic acids is 1. The van der Waals surface area contributed by atoms with Crippen LogP contribution in [0, 0.1) is 0 Å². The Hall–Kier alpha value is -2.53. The third-order valence-corrected chi connectivity index (χ3v) is 2.98. The SMILES string of the molecule is O=C(O)c1cc(Oc2nc3ccccc3o2)ccc1Cl. The van der Waals surface area contributed by atoms with Crippen LogP contribution in [0.4, 0.5) is 0 Å². The minimum absolute atomic E-state index is 0.0414. The Bertz CT molecular complexity index is 764. The number of halogens is 1. The lowest BCUT2D eigenvalue weighted by Gasteiger charge is -2.03. The molecule has 0 unspecified atom stereocenters. The molecule has 0 radical (unpaired) electrons. The van der Waals surface area contributed by atoms with Gasteiger partial charge in [-0.05, 0) is 30.3 Å². The second-order valence-electron chi connectivity index (χ2n) is 4.00. The van der Waals surface area contributed by atoms with Gasteiger partial charge < -0.3 is 14.3 Å². The van der Waals surface area contributed by atoms with E-state index < -0.39 is 5.97 Å². The molecule has 2 aromatic carbocycles. The van der Waals surface area contributed by atoms with Gasteiger partial charge in [-0.25, -0.2) is 4.79 Å². The molecule has 100 valence electrons. The minimum Gasteiger partial charge on any atom is -0.478 e. The van der Waals surface area contributed by atoms with E-state index in [-0.39, 0.29) is 16.7 Å². The number of carboxylic acid groups (broad SMARTS) is 1. The van der Waals surface area contributed by atoms with E-state index in [1.54, 1.807) is 18.2 Å². The summed E-state index contributed by atoms with van der Waals surface area (Å²) in [6.07, 6.45) is 0.0462. The molecule has 6 heteroatoms. The fourth-order valence-electron chi connectivity index (χ4n) is 1.73. The first kappa shape index (κ1) is 12.5. The average Bonchev–Trinajstić information content (AvgIpc) is 2.82. The predicted molar refractivity (Wildman–Crippen MR) is 72.5 cm³/mol.